The highest BCUT2D eigenvalue weighted by molar-refractivity contribution is 9.10. The summed E-state index contributed by atoms with van der Waals surface area (Å²) in [5.41, 5.74) is 8.34. The van der Waals surface area contributed by atoms with Crippen molar-refractivity contribution in [2.75, 3.05) is 5.73 Å². The van der Waals surface area contributed by atoms with E-state index in [1.165, 1.54) is 0 Å². The van der Waals surface area contributed by atoms with Crippen molar-refractivity contribution in [3.63, 3.8) is 0 Å². The minimum absolute atomic E-state index is 0.437. The van der Waals surface area contributed by atoms with Gasteiger partial charge in [0.1, 0.15) is 0 Å². The number of nitrogen functional groups attached to an aromatic ring is 1. The summed E-state index contributed by atoms with van der Waals surface area (Å²) in [6.45, 7) is 1.95. The molecule has 0 amide bonds. The normalized spacial score (nSPS) is 10.4. The lowest BCUT2D eigenvalue weighted by Gasteiger charge is -2.00. The van der Waals surface area contributed by atoms with Crippen LogP contribution in [0.1, 0.15) is 5.56 Å². The number of nitrogens with two attached hydrogens (primary N) is 1. The van der Waals surface area contributed by atoms with Crippen molar-refractivity contribution in [2.45, 2.75) is 6.92 Å². The standard InChI is InChI=1S/C9H8BrN3O/c1-5-2-3-6(4-7(5)11)8-12-9(10)13-14-8/h2-4H,11H2,1H3. The van der Waals surface area contributed by atoms with E-state index in [0.29, 0.717) is 10.6 Å². The summed E-state index contributed by atoms with van der Waals surface area (Å²) in [5.74, 6) is 0.462. The number of hydrogen-bond donors (Lipinski definition) is 1. The van der Waals surface area contributed by atoms with Crippen molar-refractivity contribution in [3.05, 3.63) is 28.5 Å². The first-order valence-electron chi connectivity index (χ1n) is 4.02. The SMILES string of the molecule is Cc1ccc(-c2nc(Br)no2)cc1N. The van der Waals surface area contributed by atoms with Gasteiger partial charge in [-0.25, -0.2) is 0 Å². The van der Waals surface area contributed by atoms with Gasteiger partial charge in [0.15, 0.2) is 0 Å². The molecule has 72 valence electrons. The Kier molecular flexibility index (Phi) is 2.25. The van der Waals surface area contributed by atoms with E-state index >= 15 is 0 Å². The molecule has 2 aromatic rings. The molecule has 4 nitrogen and oxygen atoms in total. The molecule has 0 aliphatic rings. The van der Waals surface area contributed by atoms with Crippen LogP contribution < -0.4 is 5.73 Å². The third-order valence-electron chi connectivity index (χ3n) is 1.93. The minimum Gasteiger partial charge on any atom is -0.398 e. The lowest BCUT2D eigenvalue weighted by molar-refractivity contribution is 0.426. The summed E-state index contributed by atoms with van der Waals surface area (Å²) in [6.07, 6.45) is 0. The summed E-state index contributed by atoms with van der Waals surface area (Å²) in [6, 6.07) is 5.63. The van der Waals surface area contributed by atoms with Crippen LogP contribution in [0.4, 0.5) is 5.69 Å². The zero-order valence-corrected chi connectivity index (χ0v) is 9.08. The van der Waals surface area contributed by atoms with Crippen LogP contribution in [0.25, 0.3) is 11.5 Å². The van der Waals surface area contributed by atoms with Gasteiger partial charge in [-0.15, -0.1) is 0 Å². The first-order valence-corrected chi connectivity index (χ1v) is 4.82. The molecule has 0 atom stereocenters. The topological polar surface area (TPSA) is 64.9 Å². The predicted octanol–water partition coefficient (Wildman–Crippen LogP) is 2.39. The lowest BCUT2D eigenvalue weighted by atomic mass is 10.1. The van der Waals surface area contributed by atoms with Gasteiger partial charge in [-0.05, 0) is 45.7 Å². The van der Waals surface area contributed by atoms with Crippen LogP contribution in [0, 0.1) is 6.92 Å². The van der Waals surface area contributed by atoms with Gasteiger partial charge in [-0.3, -0.25) is 0 Å². The quantitative estimate of drug-likeness (QED) is 0.793. The van der Waals surface area contributed by atoms with E-state index in [1.807, 2.05) is 25.1 Å². The van der Waals surface area contributed by atoms with Crippen molar-refractivity contribution < 1.29 is 4.52 Å². The number of aryl methyl sites for hydroxylation is 1. The average Bonchev–Trinajstić information content (AvgIpc) is 2.57. The summed E-state index contributed by atoms with van der Waals surface area (Å²) >= 11 is 3.12. The van der Waals surface area contributed by atoms with Gasteiger partial charge in [0.25, 0.3) is 5.89 Å². The van der Waals surface area contributed by atoms with E-state index in [4.69, 9.17) is 10.3 Å². The second-order valence-corrected chi connectivity index (χ2v) is 3.65. The molecule has 1 aromatic heterocycles. The zero-order valence-electron chi connectivity index (χ0n) is 7.49. The van der Waals surface area contributed by atoms with Gasteiger partial charge in [0, 0.05) is 11.3 Å². The molecule has 0 bridgehead atoms. The molecule has 5 heteroatoms. The van der Waals surface area contributed by atoms with Crippen molar-refractivity contribution in [1.29, 1.82) is 0 Å². The van der Waals surface area contributed by atoms with Crippen molar-refractivity contribution >= 4 is 21.6 Å². The number of hydrogen-bond acceptors (Lipinski definition) is 4. The van der Waals surface area contributed by atoms with E-state index in [0.717, 1.165) is 16.8 Å². The lowest BCUT2D eigenvalue weighted by Crippen LogP contribution is -1.89. The fourth-order valence-electron chi connectivity index (χ4n) is 1.10. The Hall–Kier alpha value is -1.36. The molecule has 0 unspecified atom stereocenters. The van der Waals surface area contributed by atoms with Gasteiger partial charge >= 0.3 is 0 Å². The number of anilines is 1. The van der Waals surface area contributed by atoms with Gasteiger partial charge in [-0.2, -0.15) is 4.98 Å². The Morgan fingerprint density at radius 3 is 2.79 bits per heavy atom. The second kappa shape index (κ2) is 3.42. The Bertz CT molecular complexity index is 467. The number of rotatable bonds is 1. The van der Waals surface area contributed by atoms with Crippen molar-refractivity contribution in [2.24, 2.45) is 0 Å². The average molecular weight is 254 g/mol. The maximum atomic E-state index is 5.76. The van der Waals surface area contributed by atoms with Crippen LogP contribution in [-0.4, -0.2) is 10.1 Å². The Morgan fingerprint density at radius 2 is 2.21 bits per heavy atom. The highest BCUT2D eigenvalue weighted by atomic mass is 79.9. The Morgan fingerprint density at radius 1 is 1.43 bits per heavy atom. The molecule has 0 spiro atoms. The predicted molar refractivity (Wildman–Crippen MR) is 56.6 cm³/mol. The summed E-state index contributed by atoms with van der Waals surface area (Å²) in [5, 5.41) is 3.63. The van der Waals surface area contributed by atoms with Crippen LogP contribution >= 0.6 is 15.9 Å². The second-order valence-electron chi connectivity index (χ2n) is 2.94. The minimum atomic E-state index is 0.437. The molecule has 1 heterocycles. The summed E-state index contributed by atoms with van der Waals surface area (Å²) < 4.78 is 5.42. The molecule has 0 radical (unpaired) electrons. The zero-order chi connectivity index (χ0) is 10.1. The monoisotopic (exact) mass is 253 g/mol. The Labute approximate surface area is 89.2 Å². The van der Waals surface area contributed by atoms with Crippen LogP contribution in [-0.2, 0) is 0 Å². The molecule has 14 heavy (non-hydrogen) atoms. The first-order chi connectivity index (χ1) is 6.66. The highest BCUT2D eigenvalue weighted by Crippen LogP contribution is 2.22. The smallest absolute Gasteiger partial charge is 0.258 e. The van der Waals surface area contributed by atoms with E-state index in [1.54, 1.807) is 0 Å². The van der Waals surface area contributed by atoms with Gasteiger partial charge < -0.3 is 10.3 Å². The fourth-order valence-corrected chi connectivity index (χ4v) is 1.33. The molecule has 2 N–H and O–H groups in total. The van der Waals surface area contributed by atoms with Gasteiger partial charge in [0.2, 0.25) is 4.73 Å². The Balaban J connectivity index is 2.47. The van der Waals surface area contributed by atoms with E-state index in [9.17, 15) is 0 Å². The summed E-state index contributed by atoms with van der Waals surface area (Å²) in [4.78, 5) is 4.04. The van der Waals surface area contributed by atoms with Crippen LogP contribution in [0.2, 0.25) is 0 Å². The van der Waals surface area contributed by atoms with Crippen molar-refractivity contribution in [3.8, 4) is 11.5 Å². The molecule has 0 aliphatic carbocycles. The molecule has 0 saturated heterocycles. The van der Waals surface area contributed by atoms with Gasteiger partial charge in [-0.1, -0.05) is 6.07 Å². The maximum Gasteiger partial charge on any atom is 0.258 e. The largest absolute Gasteiger partial charge is 0.398 e. The van der Waals surface area contributed by atoms with Crippen molar-refractivity contribution in [1.82, 2.24) is 10.1 Å². The first kappa shape index (κ1) is 9.21. The molecule has 0 fully saturated rings. The number of aromatic nitrogens is 2. The molecule has 2 rings (SSSR count). The fraction of sp³-hybridized carbons (Fsp3) is 0.111. The number of nitrogens with zero attached hydrogens (tertiary/aromatic N) is 2. The molecule has 0 saturated carbocycles. The van der Waals surface area contributed by atoms with E-state index < -0.39 is 0 Å². The van der Waals surface area contributed by atoms with Crippen LogP contribution in [0.15, 0.2) is 27.5 Å². The van der Waals surface area contributed by atoms with Crippen LogP contribution in [0.5, 0.6) is 0 Å². The molecule has 1 aromatic carbocycles. The number of halogens is 1. The summed E-state index contributed by atoms with van der Waals surface area (Å²) in [7, 11) is 0. The third-order valence-corrected chi connectivity index (χ3v) is 2.25. The third kappa shape index (κ3) is 1.63. The van der Waals surface area contributed by atoms with Gasteiger partial charge in [0.05, 0.1) is 0 Å². The highest BCUT2D eigenvalue weighted by Gasteiger charge is 2.07. The molecule has 0 aliphatic heterocycles. The van der Waals surface area contributed by atoms with E-state index in [-0.39, 0.29) is 0 Å². The molecular weight excluding hydrogens is 246 g/mol. The number of benzene rings is 1. The van der Waals surface area contributed by atoms with E-state index in [2.05, 4.69) is 26.1 Å². The maximum absolute atomic E-state index is 5.76. The van der Waals surface area contributed by atoms with Crippen LogP contribution in [0.3, 0.4) is 0 Å². The molecular formula is C9H8BrN3O.